The summed E-state index contributed by atoms with van der Waals surface area (Å²) in [4.78, 5) is 13.1. The second kappa shape index (κ2) is 4.99. The fourth-order valence-electron chi connectivity index (χ4n) is 1.71. The summed E-state index contributed by atoms with van der Waals surface area (Å²) in [5.41, 5.74) is 4.91. The van der Waals surface area contributed by atoms with E-state index in [9.17, 15) is 9.18 Å². The Morgan fingerprint density at radius 3 is 2.62 bits per heavy atom. The molecule has 1 heterocycles. The van der Waals surface area contributed by atoms with Crippen molar-refractivity contribution in [1.82, 2.24) is 4.90 Å². The zero-order valence-corrected chi connectivity index (χ0v) is 10.2. The third-order valence-corrected chi connectivity index (χ3v) is 2.63. The highest BCUT2D eigenvalue weighted by molar-refractivity contribution is 5.68. The Morgan fingerprint density at radius 1 is 1.56 bits per heavy atom. The van der Waals surface area contributed by atoms with E-state index in [-0.39, 0.29) is 12.5 Å². The molecule has 2 atom stereocenters. The topological polar surface area (TPSA) is 55.6 Å². The van der Waals surface area contributed by atoms with Crippen molar-refractivity contribution in [3.05, 3.63) is 0 Å². The average Bonchev–Trinajstić information content (AvgIpc) is 2.15. The molecule has 0 aromatic carbocycles. The molecular weight excluding hydrogens is 211 g/mol. The highest BCUT2D eigenvalue weighted by Crippen LogP contribution is 2.21. The molecule has 0 saturated carbocycles. The van der Waals surface area contributed by atoms with Gasteiger partial charge in [-0.25, -0.2) is 9.18 Å². The van der Waals surface area contributed by atoms with Crippen molar-refractivity contribution in [2.75, 3.05) is 19.6 Å². The molecule has 5 heteroatoms. The zero-order valence-electron chi connectivity index (χ0n) is 10.2. The van der Waals surface area contributed by atoms with E-state index in [4.69, 9.17) is 10.5 Å². The number of carbonyl (C=O) groups is 1. The van der Waals surface area contributed by atoms with Crippen LogP contribution in [-0.4, -0.2) is 42.4 Å². The summed E-state index contributed by atoms with van der Waals surface area (Å²) in [6.45, 7) is 6.34. The molecule has 0 unspecified atom stereocenters. The molecule has 0 radical (unpaired) electrons. The molecular formula is C11H21FN2O2. The number of likely N-dealkylation sites (tertiary alicyclic amines) is 1. The van der Waals surface area contributed by atoms with Gasteiger partial charge in [-0.2, -0.15) is 0 Å². The summed E-state index contributed by atoms with van der Waals surface area (Å²) in [5.74, 6) is -0.126. The Balaban J connectivity index is 2.48. The number of hydrogen-bond donors (Lipinski definition) is 1. The van der Waals surface area contributed by atoms with Crippen molar-refractivity contribution in [3.63, 3.8) is 0 Å². The second-order valence-electron chi connectivity index (χ2n) is 5.23. The van der Waals surface area contributed by atoms with E-state index in [1.807, 2.05) is 0 Å². The molecule has 1 fully saturated rings. The van der Waals surface area contributed by atoms with Gasteiger partial charge in [-0.3, -0.25) is 0 Å². The minimum atomic E-state index is -1.04. The second-order valence-corrected chi connectivity index (χ2v) is 5.23. The Morgan fingerprint density at radius 2 is 2.19 bits per heavy atom. The van der Waals surface area contributed by atoms with Crippen LogP contribution in [0.2, 0.25) is 0 Å². The Kier molecular flexibility index (Phi) is 4.13. The predicted octanol–water partition coefficient (Wildman–Crippen LogP) is 1.54. The number of carbonyl (C=O) groups excluding carboxylic acids is 1. The maximum absolute atomic E-state index is 13.6. The Labute approximate surface area is 95.9 Å². The molecule has 16 heavy (non-hydrogen) atoms. The summed E-state index contributed by atoms with van der Waals surface area (Å²) in [6, 6.07) is 0. The van der Waals surface area contributed by atoms with Crippen LogP contribution in [0.5, 0.6) is 0 Å². The third-order valence-electron chi connectivity index (χ3n) is 2.63. The number of piperidine rings is 1. The van der Waals surface area contributed by atoms with Crippen LogP contribution in [0, 0.1) is 5.92 Å². The van der Waals surface area contributed by atoms with Crippen LogP contribution in [0.1, 0.15) is 27.2 Å². The molecule has 0 aromatic heterocycles. The maximum atomic E-state index is 13.6. The van der Waals surface area contributed by atoms with Crippen LogP contribution in [0.25, 0.3) is 0 Å². The first-order valence-corrected chi connectivity index (χ1v) is 5.65. The number of amides is 1. The van der Waals surface area contributed by atoms with Gasteiger partial charge in [0.15, 0.2) is 0 Å². The van der Waals surface area contributed by atoms with E-state index < -0.39 is 17.9 Å². The highest BCUT2D eigenvalue weighted by atomic mass is 19.1. The lowest BCUT2D eigenvalue weighted by Crippen LogP contribution is -2.48. The molecule has 0 bridgehead atoms. The molecule has 2 N–H and O–H groups in total. The van der Waals surface area contributed by atoms with Crippen LogP contribution in [0.4, 0.5) is 9.18 Å². The highest BCUT2D eigenvalue weighted by Gasteiger charge is 2.32. The molecule has 0 aliphatic carbocycles. The number of halogens is 1. The van der Waals surface area contributed by atoms with Gasteiger partial charge in [0.1, 0.15) is 11.8 Å². The van der Waals surface area contributed by atoms with E-state index in [0.29, 0.717) is 19.5 Å². The van der Waals surface area contributed by atoms with Gasteiger partial charge in [-0.1, -0.05) is 0 Å². The molecule has 94 valence electrons. The van der Waals surface area contributed by atoms with Crippen molar-refractivity contribution in [2.24, 2.45) is 11.7 Å². The van der Waals surface area contributed by atoms with Gasteiger partial charge in [-0.05, 0) is 33.7 Å². The van der Waals surface area contributed by atoms with E-state index in [2.05, 4.69) is 0 Å². The number of alkyl halides is 1. The molecule has 0 aromatic rings. The number of rotatable bonds is 1. The molecule has 1 rings (SSSR count). The van der Waals surface area contributed by atoms with Gasteiger partial charge in [-0.15, -0.1) is 0 Å². The van der Waals surface area contributed by atoms with Gasteiger partial charge in [0.25, 0.3) is 0 Å². The van der Waals surface area contributed by atoms with Gasteiger partial charge in [0.05, 0.1) is 6.54 Å². The monoisotopic (exact) mass is 232 g/mol. The van der Waals surface area contributed by atoms with Gasteiger partial charge in [0.2, 0.25) is 0 Å². The lowest BCUT2D eigenvalue weighted by atomic mass is 9.95. The normalized spacial score (nSPS) is 26.7. The van der Waals surface area contributed by atoms with Gasteiger partial charge in [0, 0.05) is 12.5 Å². The van der Waals surface area contributed by atoms with Crippen molar-refractivity contribution < 1.29 is 13.9 Å². The van der Waals surface area contributed by atoms with E-state index >= 15 is 0 Å². The Hall–Kier alpha value is -0.840. The van der Waals surface area contributed by atoms with Crippen molar-refractivity contribution in [3.8, 4) is 0 Å². The SMILES string of the molecule is CC(C)(C)OC(=O)N1CC[C@@H](CN)[C@@H](F)C1. The maximum Gasteiger partial charge on any atom is 0.410 e. The fourth-order valence-corrected chi connectivity index (χ4v) is 1.71. The van der Waals surface area contributed by atoms with Crippen LogP contribution in [0.3, 0.4) is 0 Å². The first-order valence-electron chi connectivity index (χ1n) is 5.65. The first kappa shape index (κ1) is 13.2. The van der Waals surface area contributed by atoms with Crippen molar-refractivity contribution in [1.29, 1.82) is 0 Å². The molecule has 0 spiro atoms. The largest absolute Gasteiger partial charge is 0.444 e. The number of nitrogens with zero attached hydrogens (tertiary/aromatic N) is 1. The van der Waals surface area contributed by atoms with Crippen LogP contribution in [0.15, 0.2) is 0 Å². The van der Waals surface area contributed by atoms with E-state index in [0.717, 1.165) is 0 Å². The van der Waals surface area contributed by atoms with Gasteiger partial charge >= 0.3 is 6.09 Å². The number of hydrogen-bond acceptors (Lipinski definition) is 3. The standard InChI is InChI=1S/C11H21FN2O2/c1-11(2,3)16-10(15)14-5-4-8(6-13)9(12)7-14/h8-9H,4-7,13H2,1-3H3/t8-,9-/m0/s1. The van der Waals surface area contributed by atoms with Crippen LogP contribution < -0.4 is 5.73 Å². The minimum Gasteiger partial charge on any atom is -0.444 e. The van der Waals surface area contributed by atoms with Crippen LogP contribution in [-0.2, 0) is 4.74 Å². The smallest absolute Gasteiger partial charge is 0.410 e. The lowest BCUT2D eigenvalue weighted by molar-refractivity contribution is 0.00625. The molecule has 1 amide bonds. The minimum absolute atomic E-state index is 0.0940. The first-order chi connectivity index (χ1) is 7.33. The van der Waals surface area contributed by atoms with E-state index in [1.54, 1.807) is 20.8 Å². The molecule has 1 saturated heterocycles. The van der Waals surface area contributed by atoms with Gasteiger partial charge < -0.3 is 15.4 Å². The average molecular weight is 232 g/mol. The number of ether oxygens (including phenoxy) is 1. The molecule has 1 aliphatic heterocycles. The predicted molar refractivity (Wildman–Crippen MR) is 59.9 cm³/mol. The third kappa shape index (κ3) is 3.63. The number of nitrogens with two attached hydrogens (primary N) is 1. The molecule has 4 nitrogen and oxygen atoms in total. The van der Waals surface area contributed by atoms with Crippen molar-refractivity contribution in [2.45, 2.75) is 39.0 Å². The quantitative estimate of drug-likeness (QED) is 0.746. The summed E-state index contributed by atoms with van der Waals surface area (Å²) in [6.07, 6.45) is -0.867. The zero-order chi connectivity index (χ0) is 12.3. The summed E-state index contributed by atoms with van der Waals surface area (Å²) >= 11 is 0. The summed E-state index contributed by atoms with van der Waals surface area (Å²) in [7, 11) is 0. The summed E-state index contributed by atoms with van der Waals surface area (Å²) in [5, 5.41) is 0. The van der Waals surface area contributed by atoms with Crippen LogP contribution >= 0.6 is 0 Å². The summed E-state index contributed by atoms with van der Waals surface area (Å²) < 4.78 is 18.7. The lowest BCUT2D eigenvalue weighted by Gasteiger charge is -2.35. The fraction of sp³-hybridized carbons (Fsp3) is 0.909. The molecule has 1 aliphatic rings. The van der Waals surface area contributed by atoms with E-state index in [1.165, 1.54) is 4.90 Å². The Bertz CT molecular complexity index is 253. The van der Waals surface area contributed by atoms with Crippen molar-refractivity contribution >= 4 is 6.09 Å².